The molecule has 1 heterocycles. The summed E-state index contributed by atoms with van der Waals surface area (Å²) >= 11 is 0. The quantitative estimate of drug-likeness (QED) is 0.792. The van der Waals surface area contributed by atoms with Crippen LogP contribution < -0.4 is 10.6 Å². The van der Waals surface area contributed by atoms with Crippen molar-refractivity contribution in [3.8, 4) is 0 Å². The van der Waals surface area contributed by atoms with Crippen LogP contribution in [-0.4, -0.2) is 17.6 Å². The summed E-state index contributed by atoms with van der Waals surface area (Å²) in [5.74, 6) is 1.02. The Morgan fingerprint density at radius 1 is 1.50 bits per heavy atom. The van der Waals surface area contributed by atoms with Crippen LogP contribution in [0.4, 0.5) is 5.82 Å². The molecule has 3 heteroatoms. The fourth-order valence-corrected chi connectivity index (χ4v) is 1.61. The third-order valence-electron chi connectivity index (χ3n) is 2.32. The molecule has 0 saturated heterocycles. The van der Waals surface area contributed by atoms with Gasteiger partial charge in [0, 0.05) is 30.9 Å². The second kappa shape index (κ2) is 4.96. The van der Waals surface area contributed by atoms with Gasteiger partial charge in [0.1, 0.15) is 5.82 Å². The molecule has 0 spiro atoms. The second-order valence-electron chi connectivity index (χ2n) is 3.57. The largest absolute Gasteiger partial charge is 0.354 e. The predicted molar refractivity (Wildman–Crippen MR) is 60.3 cm³/mol. The number of hydrogen-bond acceptors (Lipinski definition) is 3. The van der Waals surface area contributed by atoms with Gasteiger partial charge in [0.25, 0.3) is 0 Å². The molecule has 0 aliphatic carbocycles. The fraction of sp³-hybridized carbons (Fsp3) is 0.545. The lowest BCUT2D eigenvalue weighted by atomic mass is 10.2. The molecule has 0 aromatic carbocycles. The number of aromatic nitrogens is 1. The van der Waals surface area contributed by atoms with Gasteiger partial charge in [-0.2, -0.15) is 0 Å². The summed E-state index contributed by atoms with van der Waals surface area (Å²) in [4.78, 5) is 6.64. The Morgan fingerprint density at radius 3 is 2.71 bits per heavy atom. The molecule has 0 aliphatic heterocycles. The summed E-state index contributed by atoms with van der Waals surface area (Å²) in [5, 5.41) is 0. The molecule has 0 aliphatic rings. The summed E-state index contributed by atoms with van der Waals surface area (Å²) in [5.41, 5.74) is 6.79. The highest BCUT2D eigenvalue weighted by atomic mass is 15.2. The van der Waals surface area contributed by atoms with Crippen LogP contribution in [0.5, 0.6) is 0 Å². The van der Waals surface area contributed by atoms with Crippen LogP contribution in [0.1, 0.15) is 26.3 Å². The highest BCUT2D eigenvalue weighted by Gasteiger charge is 2.12. The number of nitrogens with zero attached hydrogens (tertiary/aromatic N) is 2. The number of anilines is 1. The van der Waals surface area contributed by atoms with Crippen molar-refractivity contribution in [2.45, 2.75) is 33.4 Å². The van der Waals surface area contributed by atoms with Gasteiger partial charge in [-0.3, -0.25) is 0 Å². The van der Waals surface area contributed by atoms with Crippen molar-refractivity contribution >= 4 is 5.82 Å². The summed E-state index contributed by atoms with van der Waals surface area (Å²) in [6, 6.07) is 4.42. The monoisotopic (exact) mass is 193 g/mol. The zero-order valence-electron chi connectivity index (χ0n) is 9.20. The lowest BCUT2D eigenvalue weighted by Gasteiger charge is -2.27. The van der Waals surface area contributed by atoms with E-state index in [4.69, 9.17) is 5.73 Å². The van der Waals surface area contributed by atoms with Crippen LogP contribution in [-0.2, 0) is 6.54 Å². The zero-order valence-corrected chi connectivity index (χ0v) is 9.20. The van der Waals surface area contributed by atoms with E-state index in [0.717, 1.165) is 17.9 Å². The Bertz CT molecular complexity index is 284. The molecular weight excluding hydrogens is 174 g/mol. The normalized spacial score (nSPS) is 10.6. The van der Waals surface area contributed by atoms with E-state index >= 15 is 0 Å². The van der Waals surface area contributed by atoms with Crippen LogP contribution in [0.15, 0.2) is 18.3 Å². The molecular formula is C11H19N3. The van der Waals surface area contributed by atoms with E-state index in [-0.39, 0.29) is 0 Å². The van der Waals surface area contributed by atoms with Gasteiger partial charge in [0.05, 0.1) is 0 Å². The number of pyridine rings is 1. The zero-order chi connectivity index (χ0) is 10.6. The first kappa shape index (κ1) is 11.0. The molecule has 1 rings (SSSR count). The molecule has 78 valence electrons. The van der Waals surface area contributed by atoms with Crippen molar-refractivity contribution in [1.29, 1.82) is 0 Å². The molecule has 0 radical (unpaired) electrons. The van der Waals surface area contributed by atoms with Crippen molar-refractivity contribution < 1.29 is 0 Å². The van der Waals surface area contributed by atoms with E-state index in [0.29, 0.717) is 12.6 Å². The van der Waals surface area contributed by atoms with E-state index in [1.54, 1.807) is 0 Å². The minimum Gasteiger partial charge on any atom is -0.354 e. The predicted octanol–water partition coefficient (Wildman–Crippen LogP) is 1.77. The van der Waals surface area contributed by atoms with Crippen molar-refractivity contribution in [1.82, 2.24) is 4.98 Å². The van der Waals surface area contributed by atoms with E-state index in [9.17, 15) is 0 Å². The van der Waals surface area contributed by atoms with Gasteiger partial charge in [-0.05, 0) is 26.8 Å². The maximum absolute atomic E-state index is 5.68. The highest BCUT2D eigenvalue weighted by molar-refractivity contribution is 5.47. The Morgan fingerprint density at radius 2 is 2.21 bits per heavy atom. The lowest BCUT2D eigenvalue weighted by Crippen LogP contribution is -2.32. The highest BCUT2D eigenvalue weighted by Crippen LogP contribution is 2.18. The SMILES string of the molecule is CCN(c1ncccc1CN)C(C)C. The van der Waals surface area contributed by atoms with Crippen molar-refractivity contribution in [3.05, 3.63) is 23.9 Å². The minimum atomic E-state index is 0.459. The van der Waals surface area contributed by atoms with Gasteiger partial charge in [-0.15, -0.1) is 0 Å². The number of rotatable bonds is 4. The molecule has 14 heavy (non-hydrogen) atoms. The van der Waals surface area contributed by atoms with Crippen molar-refractivity contribution in [2.24, 2.45) is 5.73 Å². The summed E-state index contributed by atoms with van der Waals surface area (Å²) < 4.78 is 0. The third-order valence-corrected chi connectivity index (χ3v) is 2.32. The summed E-state index contributed by atoms with van der Waals surface area (Å²) in [7, 11) is 0. The first-order chi connectivity index (χ1) is 6.70. The summed E-state index contributed by atoms with van der Waals surface area (Å²) in [6.45, 7) is 7.97. The average molecular weight is 193 g/mol. The molecule has 1 aromatic heterocycles. The Kier molecular flexibility index (Phi) is 3.89. The summed E-state index contributed by atoms with van der Waals surface area (Å²) in [6.07, 6.45) is 1.82. The van der Waals surface area contributed by atoms with Crippen molar-refractivity contribution in [2.75, 3.05) is 11.4 Å². The van der Waals surface area contributed by atoms with Gasteiger partial charge in [-0.25, -0.2) is 4.98 Å². The molecule has 0 atom stereocenters. The van der Waals surface area contributed by atoms with Gasteiger partial charge in [0.2, 0.25) is 0 Å². The topological polar surface area (TPSA) is 42.2 Å². The Labute approximate surface area is 85.9 Å². The molecule has 2 N–H and O–H groups in total. The standard InChI is InChI=1S/C11H19N3/c1-4-14(9(2)3)11-10(8-12)6-5-7-13-11/h5-7,9H,4,8,12H2,1-3H3. The van der Waals surface area contributed by atoms with E-state index in [1.807, 2.05) is 18.3 Å². The molecule has 0 fully saturated rings. The molecule has 0 unspecified atom stereocenters. The average Bonchev–Trinajstić information content (AvgIpc) is 2.19. The van der Waals surface area contributed by atoms with Gasteiger partial charge in [0.15, 0.2) is 0 Å². The van der Waals surface area contributed by atoms with Gasteiger partial charge >= 0.3 is 0 Å². The van der Waals surface area contributed by atoms with Crippen LogP contribution in [0.25, 0.3) is 0 Å². The van der Waals surface area contributed by atoms with Crippen LogP contribution in [0.3, 0.4) is 0 Å². The molecule has 0 amide bonds. The molecule has 0 bridgehead atoms. The Hall–Kier alpha value is -1.09. The molecule has 3 nitrogen and oxygen atoms in total. The van der Waals surface area contributed by atoms with Crippen LogP contribution in [0.2, 0.25) is 0 Å². The third kappa shape index (κ3) is 2.23. The van der Waals surface area contributed by atoms with Crippen molar-refractivity contribution in [3.63, 3.8) is 0 Å². The van der Waals surface area contributed by atoms with Gasteiger partial charge < -0.3 is 10.6 Å². The minimum absolute atomic E-state index is 0.459. The fourth-order valence-electron chi connectivity index (χ4n) is 1.61. The first-order valence-corrected chi connectivity index (χ1v) is 5.11. The molecule has 0 saturated carbocycles. The first-order valence-electron chi connectivity index (χ1n) is 5.11. The second-order valence-corrected chi connectivity index (χ2v) is 3.57. The van der Waals surface area contributed by atoms with E-state index in [2.05, 4.69) is 30.7 Å². The van der Waals surface area contributed by atoms with E-state index in [1.165, 1.54) is 0 Å². The van der Waals surface area contributed by atoms with E-state index < -0.39 is 0 Å². The van der Waals surface area contributed by atoms with Crippen LogP contribution in [0, 0.1) is 0 Å². The smallest absolute Gasteiger partial charge is 0.133 e. The maximum Gasteiger partial charge on any atom is 0.133 e. The molecule has 1 aromatic rings. The maximum atomic E-state index is 5.68. The number of hydrogen-bond donors (Lipinski definition) is 1. The number of nitrogens with two attached hydrogens (primary N) is 1. The Balaban J connectivity index is 3.02. The van der Waals surface area contributed by atoms with Gasteiger partial charge in [-0.1, -0.05) is 6.07 Å². The lowest BCUT2D eigenvalue weighted by molar-refractivity contribution is 0.688. The van der Waals surface area contributed by atoms with Crippen LogP contribution >= 0.6 is 0 Å².